The molecule has 0 radical (unpaired) electrons. The summed E-state index contributed by atoms with van der Waals surface area (Å²) in [6.07, 6.45) is 4.55. The van der Waals surface area contributed by atoms with Gasteiger partial charge in [0.25, 0.3) is 0 Å². The largest absolute Gasteiger partial charge is 0.352 e. The number of fused-ring (bicyclic) bond motifs is 1. The van der Waals surface area contributed by atoms with Crippen molar-refractivity contribution in [1.82, 2.24) is 15.2 Å². The van der Waals surface area contributed by atoms with Gasteiger partial charge < -0.3 is 10.2 Å². The quantitative estimate of drug-likeness (QED) is 0.938. The maximum Gasteiger partial charge on any atom is 0.222 e. The average Bonchev–Trinajstić information content (AvgIpc) is 2.61. The first-order chi connectivity index (χ1) is 11.6. The van der Waals surface area contributed by atoms with Gasteiger partial charge >= 0.3 is 0 Å². The third-order valence-corrected chi connectivity index (χ3v) is 4.41. The highest BCUT2D eigenvalue weighted by atomic mass is 16.2. The summed E-state index contributed by atoms with van der Waals surface area (Å²) in [4.78, 5) is 30.2. The molecule has 1 aromatic carbocycles. The number of nitrogens with zero attached hydrogens (tertiary/aromatic N) is 2. The number of nitrogens with one attached hydrogen (secondary N) is 1. The van der Waals surface area contributed by atoms with E-state index >= 15 is 0 Å². The van der Waals surface area contributed by atoms with Gasteiger partial charge in [-0.1, -0.05) is 30.3 Å². The first kappa shape index (κ1) is 16.2. The SMILES string of the molecule is CC(=O)N1CCc2ccccc2C1CC(=O)NCc1cccnc1. The lowest BCUT2D eigenvalue weighted by atomic mass is 9.90. The summed E-state index contributed by atoms with van der Waals surface area (Å²) >= 11 is 0. The minimum atomic E-state index is -0.193. The average molecular weight is 323 g/mol. The fourth-order valence-electron chi connectivity index (χ4n) is 3.20. The molecule has 0 bridgehead atoms. The molecule has 0 spiro atoms. The Kier molecular flexibility index (Phi) is 4.89. The zero-order valence-electron chi connectivity index (χ0n) is 13.7. The Balaban J connectivity index is 1.71. The Labute approximate surface area is 141 Å². The standard InChI is InChI=1S/C19H21N3O2/c1-14(23)22-10-8-16-6-2-3-7-17(16)18(22)11-19(24)21-13-15-5-4-9-20-12-15/h2-7,9,12,18H,8,10-11,13H2,1H3,(H,21,24). The minimum absolute atomic E-state index is 0.00885. The molecule has 2 amide bonds. The fraction of sp³-hybridized carbons (Fsp3) is 0.316. The van der Waals surface area contributed by atoms with Crippen LogP contribution in [0.4, 0.5) is 0 Å². The van der Waals surface area contributed by atoms with Gasteiger partial charge in [0.2, 0.25) is 11.8 Å². The number of carbonyl (C=O) groups is 2. The van der Waals surface area contributed by atoms with Gasteiger partial charge in [-0.15, -0.1) is 0 Å². The van der Waals surface area contributed by atoms with Gasteiger partial charge in [0, 0.05) is 32.4 Å². The van der Waals surface area contributed by atoms with Crippen molar-refractivity contribution < 1.29 is 9.59 Å². The molecule has 2 aromatic rings. The van der Waals surface area contributed by atoms with E-state index in [4.69, 9.17) is 0 Å². The molecule has 1 aliphatic rings. The van der Waals surface area contributed by atoms with Gasteiger partial charge in [0.1, 0.15) is 0 Å². The third kappa shape index (κ3) is 3.62. The molecule has 2 heterocycles. The van der Waals surface area contributed by atoms with Crippen LogP contribution in [-0.2, 0) is 22.6 Å². The van der Waals surface area contributed by atoms with Crippen molar-refractivity contribution in [3.8, 4) is 0 Å². The lowest BCUT2D eigenvalue weighted by Crippen LogP contribution is -2.41. The highest BCUT2D eigenvalue weighted by molar-refractivity contribution is 5.79. The van der Waals surface area contributed by atoms with Crippen molar-refractivity contribution in [3.63, 3.8) is 0 Å². The molecule has 0 fully saturated rings. The molecule has 0 aliphatic carbocycles. The smallest absolute Gasteiger partial charge is 0.222 e. The molecule has 5 heteroatoms. The molecule has 0 saturated carbocycles. The molecular formula is C19H21N3O2. The van der Waals surface area contributed by atoms with E-state index in [-0.39, 0.29) is 24.3 Å². The highest BCUT2D eigenvalue weighted by Crippen LogP contribution is 2.32. The van der Waals surface area contributed by atoms with Gasteiger partial charge in [-0.3, -0.25) is 14.6 Å². The summed E-state index contributed by atoms with van der Waals surface area (Å²) in [6, 6.07) is 11.6. The van der Waals surface area contributed by atoms with Gasteiger partial charge in [0.15, 0.2) is 0 Å². The summed E-state index contributed by atoms with van der Waals surface area (Å²) in [6.45, 7) is 2.67. The van der Waals surface area contributed by atoms with Crippen LogP contribution in [-0.4, -0.2) is 28.2 Å². The topological polar surface area (TPSA) is 62.3 Å². The Morgan fingerprint density at radius 1 is 1.25 bits per heavy atom. The zero-order valence-corrected chi connectivity index (χ0v) is 13.7. The number of benzene rings is 1. The molecule has 124 valence electrons. The van der Waals surface area contributed by atoms with Crippen LogP contribution in [0.1, 0.15) is 36.1 Å². The van der Waals surface area contributed by atoms with Gasteiger partial charge in [0.05, 0.1) is 12.5 Å². The van der Waals surface area contributed by atoms with Crippen LogP contribution in [0.2, 0.25) is 0 Å². The number of hydrogen-bond acceptors (Lipinski definition) is 3. The summed E-state index contributed by atoms with van der Waals surface area (Å²) in [5, 5.41) is 2.92. The van der Waals surface area contributed by atoms with Crippen molar-refractivity contribution in [2.45, 2.75) is 32.4 Å². The number of carbonyl (C=O) groups excluding carboxylic acids is 2. The molecule has 0 saturated heterocycles. The highest BCUT2D eigenvalue weighted by Gasteiger charge is 2.30. The molecule has 24 heavy (non-hydrogen) atoms. The van der Waals surface area contributed by atoms with Gasteiger partial charge in [-0.2, -0.15) is 0 Å². The number of amides is 2. The fourth-order valence-corrected chi connectivity index (χ4v) is 3.20. The molecule has 5 nitrogen and oxygen atoms in total. The Morgan fingerprint density at radius 2 is 2.08 bits per heavy atom. The van der Waals surface area contributed by atoms with E-state index in [2.05, 4.69) is 16.4 Å². The molecular weight excluding hydrogens is 302 g/mol. The van der Waals surface area contributed by atoms with E-state index in [1.807, 2.05) is 30.3 Å². The van der Waals surface area contributed by atoms with E-state index in [0.29, 0.717) is 13.1 Å². The van der Waals surface area contributed by atoms with E-state index in [1.54, 1.807) is 24.2 Å². The van der Waals surface area contributed by atoms with Crippen LogP contribution >= 0.6 is 0 Å². The molecule has 1 N–H and O–H groups in total. The maximum absolute atomic E-state index is 12.4. The lowest BCUT2D eigenvalue weighted by Gasteiger charge is -2.36. The zero-order chi connectivity index (χ0) is 16.9. The first-order valence-electron chi connectivity index (χ1n) is 8.16. The van der Waals surface area contributed by atoms with Crippen molar-refractivity contribution in [3.05, 3.63) is 65.5 Å². The van der Waals surface area contributed by atoms with Crippen molar-refractivity contribution in [2.75, 3.05) is 6.54 Å². The summed E-state index contributed by atoms with van der Waals surface area (Å²) in [7, 11) is 0. The second-order valence-corrected chi connectivity index (χ2v) is 6.02. The Hall–Kier alpha value is -2.69. The summed E-state index contributed by atoms with van der Waals surface area (Å²) in [5.41, 5.74) is 3.26. The van der Waals surface area contributed by atoms with Crippen molar-refractivity contribution in [2.24, 2.45) is 0 Å². The van der Waals surface area contributed by atoms with E-state index in [0.717, 1.165) is 17.5 Å². The van der Waals surface area contributed by atoms with E-state index in [1.165, 1.54) is 5.56 Å². The maximum atomic E-state index is 12.4. The van der Waals surface area contributed by atoms with E-state index in [9.17, 15) is 9.59 Å². The predicted octanol–water partition coefficient (Wildman–Crippen LogP) is 2.23. The molecule has 1 aromatic heterocycles. The van der Waals surface area contributed by atoms with Crippen molar-refractivity contribution in [1.29, 1.82) is 0 Å². The first-order valence-corrected chi connectivity index (χ1v) is 8.16. The van der Waals surface area contributed by atoms with Crippen LogP contribution in [0.3, 0.4) is 0 Å². The predicted molar refractivity (Wildman–Crippen MR) is 91.0 cm³/mol. The monoisotopic (exact) mass is 323 g/mol. The summed E-state index contributed by atoms with van der Waals surface area (Å²) < 4.78 is 0. The number of rotatable bonds is 4. The molecule has 1 aliphatic heterocycles. The molecule has 1 atom stereocenters. The second kappa shape index (κ2) is 7.25. The second-order valence-electron chi connectivity index (χ2n) is 6.02. The molecule has 3 rings (SSSR count). The van der Waals surface area contributed by atoms with Crippen LogP contribution in [0.15, 0.2) is 48.8 Å². The Bertz CT molecular complexity index is 730. The normalized spacial score (nSPS) is 16.4. The van der Waals surface area contributed by atoms with Crippen LogP contribution in [0.5, 0.6) is 0 Å². The third-order valence-electron chi connectivity index (χ3n) is 4.41. The van der Waals surface area contributed by atoms with E-state index < -0.39 is 0 Å². The minimum Gasteiger partial charge on any atom is -0.352 e. The summed E-state index contributed by atoms with van der Waals surface area (Å²) in [5.74, 6) is -0.0543. The number of aromatic nitrogens is 1. The van der Waals surface area contributed by atoms with Crippen LogP contribution in [0, 0.1) is 0 Å². The lowest BCUT2D eigenvalue weighted by molar-refractivity contribution is -0.133. The van der Waals surface area contributed by atoms with Gasteiger partial charge in [-0.05, 0) is 29.2 Å². The number of pyridine rings is 1. The number of hydrogen-bond donors (Lipinski definition) is 1. The Morgan fingerprint density at radius 3 is 2.83 bits per heavy atom. The van der Waals surface area contributed by atoms with Crippen molar-refractivity contribution >= 4 is 11.8 Å². The molecule has 1 unspecified atom stereocenters. The van der Waals surface area contributed by atoms with Crippen LogP contribution in [0.25, 0.3) is 0 Å². The van der Waals surface area contributed by atoms with Gasteiger partial charge in [-0.25, -0.2) is 0 Å². The van der Waals surface area contributed by atoms with Crippen LogP contribution < -0.4 is 5.32 Å².